The second-order valence-corrected chi connectivity index (χ2v) is 6.91. The number of methoxy groups -OCH3 is 1. The molecule has 7 heteroatoms. The molecule has 0 unspecified atom stereocenters. The maximum Gasteiger partial charge on any atom is 0.160 e. The van der Waals surface area contributed by atoms with Crippen molar-refractivity contribution in [2.75, 3.05) is 31.7 Å². The van der Waals surface area contributed by atoms with E-state index in [1.54, 1.807) is 13.3 Å². The van der Waals surface area contributed by atoms with Crippen LogP contribution in [-0.4, -0.2) is 58.3 Å². The van der Waals surface area contributed by atoms with Crippen LogP contribution in [0.5, 0.6) is 0 Å². The summed E-state index contributed by atoms with van der Waals surface area (Å²) in [6, 6.07) is 4.02. The Balaban J connectivity index is 1.45. The molecule has 4 rings (SSSR count). The fourth-order valence-electron chi connectivity index (χ4n) is 4.04. The highest BCUT2D eigenvalue weighted by Gasteiger charge is 2.44. The van der Waals surface area contributed by atoms with Crippen molar-refractivity contribution in [2.45, 2.75) is 37.4 Å². The number of aryl methyl sites for hydroxylation is 1. The van der Waals surface area contributed by atoms with Crippen molar-refractivity contribution in [3.05, 3.63) is 24.5 Å². The summed E-state index contributed by atoms with van der Waals surface area (Å²) in [5.41, 5.74) is 0.670. The van der Waals surface area contributed by atoms with Gasteiger partial charge in [0.2, 0.25) is 0 Å². The number of anilines is 1. The van der Waals surface area contributed by atoms with E-state index in [4.69, 9.17) is 9.47 Å². The highest BCUT2D eigenvalue weighted by Crippen LogP contribution is 2.37. The summed E-state index contributed by atoms with van der Waals surface area (Å²) in [6.45, 7) is 2.67. The molecule has 25 heavy (non-hydrogen) atoms. The highest BCUT2D eigenvalue weighted by molar-refractivity contribution is 5.52. The van der Waals surface area contributed by atoms with Gasteiger partial charge in [-0.2, -0.15) is 0 Å². The van der Waals surface area contributed by atoms with E-state index >= 15 is 0 Å². The van der Waals surface area contributed by atoms with Crippen LogP contribution in [0, 0.1) is 0 Å². The Bertz CT molecular complexity index is 707. The molecule has 0 aromatic carbocycles. The third kappa shape index (κ3) is 3.02. The Morgan fingerprint density at radius 1 is 1.24 bits per heavy atom. The first-order chi connectivity index (χ1) is 12.2. The Morgan fingerprint density at radius 3 is 2.72 bits per heavy atom. The zero-order valence-corrected chi connectivity index (χ0v) is 14.9. The number of hydrogen-bond donors (Lipinski definition) is 0. The molecule has 2 aromatic heterocycles. The fourth-order valence-corrected chi connectivity index (χ4v) is 4.04. The fraction of sp³-hybridized carbons (Fsp3) is 0.611. The zero-order valence-electron chi connectivity index (χ0n) is 14.9. The van der Waals surface area contributed by atoms with Gasteiger partial charge in [0, 0.05) is 46.2 Å². The van der Waals surface area contributed by atoms with Gasteiger partial charge in [0.25, 0.3) is 0 Å². The molecule has 0 aliphatic carbocycles. The van der Waals surface area contributed by atoms with E-state index in [9.17, 15) is 0 Å². The maximum atomic E-state index is 6.18. The predicted octanol–water partition coefficient (Wildman–Crippen LogP) is 2.04. The third-order valence-corrected chi connectivity index (χ3v) is 5.51. The van der Waals surface area contributed by atoms with Crippen LogP contribution in [0.3, 0.4) is 0 Å². The Hall–Kier alpha value is -1.99. The Labute approximate surface area is 148 Å². The molecule has 0 amide bonds. The zero-order chi connectivity index (χ0) is 17.3. The van der Waals surface area contributed by atoms with E-state index in [-0.39, 0.29) is 11.7 Å². The SMILES string of the molecule is CO[C@@H]1CCCOC12CCN(c1ccc(-c3nccn3C)nn1)CC2. The van der Waals surface area contributed by atoms with Crippen LogP contribution in [0.4, 0.5) is 5.82 Å². The van der Waals surface area contributed by atoms with E-state index in [0.717, 1.165) is 62.7 Å². The normalized spacial score (nSPS) is 23.1. The van der Waals surface area contributed by atoms with Gasteiger partial charge in [-0.25, -0.2) is 4.98 Å². The Kier molecular flexibility index (Phi) is 4.43. The molecule has 7 nitrogen and oxygen atoms in total. The van der Waals surface area contributed by atoms with E-state index in [0.29, 0.717) is 0 Å². The van der Waals surface area contributed by atoms with Gasteiger partial charge >= 0.3 is 0 Å². The molecule has 2 aliphatic rings. The van der Waals surface area contributed by atoms with Gasteiger partial charge in [0.15, 0.2) is 11.6 Å². The summed E-state index contributed by atoms with van der Waals surface area (Å²) < 4.78 is 13.8. The first-order valence-electron chi connectivity index (χ1n) is 8.95. The van der Waals surface area contributed by atoms with Crippen LogP contribution in [-0.2, 0) is 16.5 Å². The van der Waals surface area contributed by atoms with Crippen molar-refractivity contribution >= 4 is 5.82 Å². The first-order valence-corrected chi connectivity index (χ1v) is 8.95. The molecular formula is C18H25N5O2. The van der Waals surface area contributed by atoms with Crippen molar-refractivity contribution in [3.63, 3.8) is 0 Å². The number of rotatable bonds is 3. The topological polar surface area (TPSA) is 65.3 Å². The van der Waals surface area contributed by atoms with Crippen LogP contribution in [0.1, 0.15) is 25.7 Å². The number of piperidine rings is 1. The van der Waals surface area contributed by atoms with Crippen molar-refractivity contribution in [3.8, 4) is 11.5 Å². The lowest BCUT2D eigenvalue weighted by Crippen LogP contribution is -2.56. The lowest BCUT2D eigenvalue weighted by molar-refractivity contribution is -0.175. The van der Waals surface area contributed by atoms with Crippen LogP contribution in [0.15, 0.2) is 24.5 Å². The van der Waals surface area contributed by atoms with Gasteiger partial charge in [-0.1, -0.05) is 0 Å². The lowest BCUT2D eigenvalue weighted by atomic mass is 9.82. The summed E-state index contributed by atoms with van der Waals surface area (Å²) in [4.78, 5) is 6.60. The minimum absolute atomic E-state index is 0.121. The van der Waals surface area contributed by atoms with Crippen LogP contribution in [0.2, 0.25) is 0 Å². The largest absolute Gasteiger partial charge is 0.378 e. The van der Waals surface area contributed by atoms with Crippen molar-refractivity contribution in [2.24, 2.45) is 7.05 Å². The molecule has 2 aromatic rings. The number of aromatic nitrogens is 4. The van der Waals surface area contributed by atoms with Crippen molar-refractivity contribution < 1.29 is 9.47 Å². The van der Waals surface area contributed by atoms with Gasteiger partial charge in [0.05, 0.1) is 11.7 Å². The van der Waals surface area contributed by atoms with Crippen LogP contribution >= 0.6 is 0 Å². The molecule has 1 atom stereocenters. The molecule has 0 bridgehead atoms. The van der Waals surface area contributed by atoms with Gasteiger partial charge < -0.3 is 18.9 Å². The van der Waals surface area contributed by atoms with Gasteiger partial charge in [-0.3, -0.25) is 0 Å². The smallest absolute Gasteiger partial charge is 0.160 e. The van der Waals surface area contributed by atoms with Crippen molar-refractivity contribution in [1.82, 2.24) is 19.7 Å². The molecule has 1 spiro atoms. The van der Waals surface area contributed by atoms with E-state index < -0.39 is 0 Å². The number of hydrogen-bond acceptors (Lipinski definition) is 6. The minimum Gasteiger partial charge on any atom is -0.378 e. The molecule has 2 aliphatic heterocycles. The average Bonchev–Trinajstić information content (AvgIpc) is 3.09. The first kappa shape index (κ1) is 16.5. The summed E-state index contributed by atoms with van der Waals surface area (Å²) in [5.74, 6) is 1.74. The van der Waals surface area contributed by atoms with Gasteiger partial charge in [-0.05, 0) is 37.8 Å². The number of imidazole rings is 1. The summed E-state index contributed by atoms with van der Waals surface area (Å²) >= 11 is 0. The maximum absolute atomic E-state index is 6.18. The molecule has 134 valence electrons. The third-order valence-electron chi connectivity index (χ3n) is 5.51. The molecule has 0 radical (unpaired) electrons. The van der Waals surface area contributed by atoms with Gasteiger partial charge in [-0.15, -0.1) is 10.2 Å². The number of nitrogens with zero attached hydrogens (tertiary/aromatic N) is 5. The summed E-state index contributed by atoms with van der Waals surface area (Å²) in [5, 5.41) is 8.78. The second-order valence-electron chi connectivity index (χ2n) is 6.91. The Morgan fingerprint density at radius 2 is 2.08 bits per heavy atom. The monoisotopic (exact) mass is 343 g/mol. The average molecular weight is 343 g/mol. The quantitative estimate of drug-likeness (QED) is 0.850. The molecule has 4 heterocycles. The highest BCUT2D eigenvalue weighted by atomic mass is 16.5. The van der Waals surface area contributed by atoms with Gasteiger partial charge in [0.1, 0.15) is 5.69 Å². The molecule has 2 saturated heterocycles. The molecule has 0 N–H and O–H groups in total. The molecule has 0 saturated carbocycles. The number of ether oxygens (including phenoxy) is 2. The van der Waals surface area contributed by atoms with E-state index in [1.807, 2.05) is 29.9 Å². The standard InChI is InChI=1S/C18H25N5O2/c1-22-12-9-19-17(22)14-5-6-16(21-20-14)23-10-7-18(8-11-23)15(24-2)4-3-13-25-18/h5-6,9,12,15H,3-4,7-8,10-11,13H2,1-2H3/t15-/m1/s1. The summed E-state index contributed by atoms with van der Waals surface area (Å²) in [6.07, 6.45) is 8.00. The van der Waals surface area contributed by atoms with Crippen molar-refractivity contribution in [1.29, 1.82) is 0 Å². The lowest BCUT2D eigenvalue weighted by Gasteiger charge is -2.48. The van der Waals surface area contributed by atoms with E-state index in [1.165, 1.54) is 0 Å². The second kappa shape index (κ2) is 6.72. The summed E-state index contributed by atoms with van der Waals surface area (Å²) in [7, 11) is 3.76. The van der Waals surface area contributed by atoms with Crippen LogP contribution in [0.25, 0.3) is 11.5 Å². The van der Waals surface area contributed by atoms with Crippen LogP contribution < -0.4 is 4.90 Å². The van der Waals surface area contributed by atoms with E-state index in [2.05, 4.69) is 20.1 Å². The minimum atomic E-state index is -0.121. The molecular weight excluding hydrogens is 318 g/mol. The molecule has 2 fully saturated rings. The predicted molar refractivity (Wildman–Crippen MR) is 94.4 cm³/mol.